The van der Waals surface area contributed by atoms with Gasteiger partial charge >= 0.3 is 5.97 Å². The number of halogens is 1. The van der Waals surface area contributed by atoms with E-state index in [0.29, 0.717) is 10.0 Å². The molecule has 0 bridgehead atoms. The Labute approximate surface area is 171 Å². The molecular formula is C22H20BrNO4. The zero-order valence-corrected chi connectivity index (χ0v) is 16.8. The molecule has 5 nitrogen and oxygen atoms in total. The molecule has 3 aromatic rings. The fourth-order valence-electron chi connectivity index (χ4n) is 2.92. The quantitative estimate of drug-likeness (QED) is 0.493. The number of carbonyl (C=O) groups is 1. The van der Waals surface area contributed by atoms with Crippen molar-refractivity contribution in [2.45, 2.75) is 12.6 Å². The predicted octanol–water partition coefficient (Wildman–Crippen LogP) is 4.75. The number of nitrogens with one attached hydrogen (secondary N) is 1. The van der Waals surface area contributed by atoms with Crippen molar-refractivity contribution in [2.24, 2.45) is 0 Å². The van der Waals surface area contributed by atoms with E-state index in [1.807, 2.05) is 42.5 Å². The molecule has 28 heavy (non-hydrogen) atoms. The van der Waals surface area contributed by atoms with Gasteiger partial charge in [-0.25, -0.2) is 0 Å². The van der Waals surface area contributed by atoms with E-state index in [1.165, 1.54) is 6.07 Å². The molecule has 0 saturated heterocycles. The summed E-state index contributed by atoms with van der Waals surface area (Å²) in [5.74, 6) is -0.871. The van der Waals surface area contributed by atoms with E-state index < -0.39 is 12.0 Å². The molecule has 144 valence electrons. The van der Waals surface area contributed by atoms with Crippen LogP contribution in [0.15, 0.2) is 71.2 Å². The van der Waals surface area contributed by atoms with Crippen LogP contribution in [0.25, 0.3) is 11.1 Å². The Balaban J connectivity index is 1.73. The van der Waals surface area contributed by atoms with E-state index >= 15 is 0 Å². The van der Waals surface area contributed by atoms with Crippen LogP contribution in [0.5, 0.6) is 11.5 Å². The summed E-state index contributed by atoms with van der Waals surface area (Å²) in [5, 5.41) is 22.2. The standard InChI is InChI=1S/C22H20BrNO4/c1-24-20(22(26)27)17-11-18(23)21(19(25)12-17)28-13-14-7-9-16(10-8-14)15-5-3-2-4-6-15/h2-12,20,24-25H,13H2,1H3,(H,26,27). The first-order valence-electron chi connectivity index (χ1n) is 8.69. The third-order valence-corrected chi connectivity index (χ3v) is 4.95. The first kappa shape index (κ1) is 19.9. The van der Waals surface area contributed by atoms with Crippen LogP contribution in [0.4, 0.5) is 0 Å². The Morgan fingerprint density at radius 3 is 2.29 bits per heavy atom. The second kappa shape index (κ2) is 8.91. The van der Waals surface area contributed by atoms with E-state index in [9.17, 15) is 15.0 Å². The number of aromatic hydroxyl groups is 1. The lowest BCUT2D eigenvalue weighted by Crippen LogP contribution is -2.24. The van der Waals surface area contributed by atoms with E-state index in [0.717, 1.165) is 16.7 Å². The fourth-order valence-corrected chi connectivity index (χ4v) is 3.50. The molecule has 1 unspecified atom stereocenters. The van der Waals surface area contributed by atoms with Crippen LogP contribution in [-0.4, -0.2) is 23.2 Å². The topological polar surface area (TPSA) is 78.8 Å². The van der Waals surface area contributed by atoms with Crippen molar-refractivity contribution in [3.8, 4) is 22.6 Å². The molecule has 0 aromatic heterocycles. The number of phenolic OH excluding ortho intramolecular Hbond substituents is 1. The van der Waals surface area contributed by atoms with Crippen LogP contribution in [0.3, 0.4) is 0 Å². The van der Waals surface area contributed by atoms with Gasteiger partial charge in [-0.2, -0.15) is 0 Å². The van der Waals surface area contributed by atoms with Gasteiger partial charge in [0.1, 0.15) is 12.6 Å². The van der Waals surface area contributed by atoms with Gasteiger partial charge in [0, 0.05) is 0 Å². The Hall–Kier alpha value is -2.83. The summed E-state index contributed by atoms with van der Waals surface area (Å²) in [6, 6.07) is 20.2. The van der Waals surface area contributed by atoms with Gasteiger partial charge < -0.3 is 20.3 Å². The summed E-state index contributed by atoms with van der Waals surface area (Å²) in [4.78, 5) is 11.3. The minimum Gasteiger partial charge on any atom is -0.504 e. The molecule has 0 fully saturated rings. The smallest absolute Gasteiger partial charge is 0.325 e. The monoisotopic (exact) mass is 441 g/mol. The molecule has 3 aromatic carbocycles. The molecule has 1 atom stereocenters. The highest BCUT2D eigenvalue weighted by atomic mass is 79.9. The molecule has 0 amide bonds. The number of hydrogen-bond donors (Lipinski definition) is 3. The maximum Gasteiger partial charge on any atom is 0.325 e. The number of phenols is 1. The minimum absolute atomic E-state index is 0.119. The van der Waals surface area contributed by atoms with Crippen LogP contribution in [0, 0.1) is 0 Å². The molecule has 0 aliphatic rings. The Morgan fingerprint density at radius 1 is 1.07 bits per heavy atom. The number of likely N-dealkylation sites (N-methyl/N-ethyl adjacent to an activating group) is 1. The number of benzene rings is 3. The van der Waals surface area contributed by atoms with Crippen LogP contribution in [0.2, 0.25) is 0 Å². The van der Waals surface area contributed by atoms with Gasteiger partial charge in [0.25, 0.3) is 0 Å². The zero-order chi connectivity index (χ0) is 20.1. The van der Waals surface area contributed by atoms with E-state index in [4.69, 9.17) is 4.74 Å². The molecule has 3 rings (SSSR count). The SMILES string of the molecule is CNC(C(=O)O)c1cc(O)c(OCc2ccc(-c3ccccc3)cc2)c(Br)c1. The lowest BCUT2D eigenvalue weighted by atomic mass is 10.0. The van der Waals surface area contributed by atoms with Crippen LogP contribution >= 0.6 is 15.9 Å². The van der Waals surface area contributed by atoms with Gasteiger partial charge in [0.2, 0.25) is 0 Å². The van der Waals surface area contributed by atoms with Crippen molar-refractivity contribution in [3.05, 3.63) is 82.3 Å². The lowest BCUT2D eigenvalue weighted by Gasteiger charge is -2.16. The Kier molecular flexibility index (Phi) is 6.34. The second-order valence-corrected chi connectivity index (χ2v) is 7.12. The highest BCUT2D eigenvalue weighted by molar-refractivity contribution is 9.10. The summed E-state index contributed by atoms with van der Waals surface area (Å²) in [6.07, 6.45) is 0. The third-order valence-electron chi connectivity index (χ3n) is 4.36. The predicted molar refractivity (Wildman–Crippen MR) is 111 cm³/mol. The average molecular weight is 442 g/mol. The van der Waals surface area contributed by atoms with Gasteiger partial charge in [-0.05, 0) is 57.4 Å². The summed E-state index contributed by atoms with van der Waals surface area (Å²) >= 11 is 3.35. The molecule has 0 radical (unpaired) electrons. The Morgan fingerprint density at radius 2 is 1.71 bits per heavy atom. The van der Waals surface area contributed by atoms with Gasteiger partial charge in [0.15, 0.2) is 11.5 Å². The van der Waals surface area contributed by atoms with Crippen molar-refractivity contribution < 1.29 is 19.7 Å². The number of aliphatic carboxylic acids is 1. The number of carboxylic acid groups (broad SMARTS) is 1. The maximum absolute atomic E-state index is 11.3. The highest BCUT2D eigenvalue weighted by Crippen LogP contribution is 2.38. The second-order valence-electron chi connectivity index (χ2n) is 6.26. The van der Waals surface area contributed by atoms with Gasteiger partial charge in [0.05, 0.1) is 4.47 Å². The van der Waals surface area contributed by atoms with Crippen molar-refractivity contribution in [3.63, 3.8) is 0 Å². The van der Waals surface area contributed by atoms with Crippen molar-refractivity contribution in [1.29, 1.82) is 0 Å². The summed E-state index contributed by atoms with van der Waals surface area (Å²) in [7, 11) is 1.55. The van der Waals surface area contributed by atoms with Crippen molar-refractivity contribution in [2.75, 3.05) is 7.05 Å². The number of hydrogen-bond acceptors (Lipinski definition) is 4. The van der Waals surface area contributed by atoms with Crippen LogP contribution in [0.1, 0.15) is 17.2 Å². The van der Waals surface area contributed by atoms with Gasteiger partial charge in [-0.15, -0.1) is 0 Å². The molecular weight excluding hydrogens is 422 g/mol. The van der Waals surface area contributed by atoms with Crippen LogP contribution < -0.4 is 10.1 Å². The van der Waals surface area contributed by atoms with Crippen LogP contribution in [-0.2, 0) is 11.4 Å². The Bertz CT molecular complexity index is 935. The van der Waals surface area contributed by atoms with Gasteiger partial charge in [-0.1, -0.05) is 54.6 Å². The molecule has 3 N–H and O–H groups in total. The van der Waals surface area contributed by atoms with Gasteiger partial charge in [-0.3, -0.25) is 4.79 Å². The first-order valence-corrected chi connectivity index (χ1v) is 9.48. The summed E-state index contributed by atoms with van der Waals surface area (Å²) in [6.45, 7) is 0.273. The van der Waals surface area contributed by atoms with E-state index in [1.54, 1.807) is 13.1 Å². The molecule has 0 heterocycles. The fraction of sp³-hybridized carbons (Fsp3) is 0.136. The summed E-state index contributed by atoms with van der Waals surface area (Å²) < 4.78 is 6.25. The summed E-state index contributed by atoms with van der Waals surface area (Å²) in [5.41, 5.74) is 3.64. The van der Waals surface area contributed by atoms with Crippen molar-refractivity contribution in [1.82, 2.24) is 5.32 Å². The molecule has 0 aliphatic carbocycles. The molecule has 0 saturated carbocycles. The molecule has 6 heteroatoms. The third kappa shape index (κ3) is 4.52. The average Bonchev–Trinajstić information content (AvgIpc) is 2.69. The molecule has 0 aliphatic heterocycles. The first-order chi connectivity index (χ1) is 13.5. The number of carboxylic acids is 1. The maximum atomic E-state index is 11.3. The van der Waals surface area contributed by atoms with E-state index in [-0.39, 0.29) is 18.1 Å². The largest absolute Gasteiger partial charge is 0.504 e. The lowest BCUT2D eigenvalue weighted by molar-refractivity contribution is -0.139. The van der Waals surface area contributed by atoms with E-state index in [2.05, 4.69) is 33.4 Å². The molecule has 0 spiro atoms. The van der Waals surface area contributed by atoms with Crippen molar-refractivity contribution >= 4 is 21.9 Å². The number of ether oxygens (including phenoxy) is 1. The number of rotatable bonds is 7. The minimum atomic E-state index is -1.03. The zero-order valence-electron chi connectivity index (χ0n) is 15.2. The highest BCUT2D eigenvalue weighted by Gasteiger charge is 2.21. The normalized spacial score (nSPS) is 11.8.